The Kier molecular flexibility index (Phi) is 5.18. The molecule has 0 bridgehead atoms. The quantitative estimate of drug-likeness (QED) is 0.871. The maximum atomic E-state index is 4.49. The van der Waals surface area contributed by atoms with Gasteiger partial charge in [-0.1, -0.05) is 45.0 Å². The lowest BCUT2D eigenvalue weighted by Gasteiger charge is -2.19. The Bertz CT molecular complexity index is 567. The molecule has 0 fully saturated rings. The summed E-state index contributed by atoms with van der Waals surface area (Å²) in [7, 11) is 1.98. The molecule has 1 aromatic carbocycles. The summed E-state index contributed by atoms with van der Waals surface area (Å²) in [6.07, 6.45) is 3.25. The van der Waals surface area contributed by atoms with Crippen molar-refractivity contribution < 1.29 is 0 Å². The van der Waals surface area contributed by atoms with Crippen LogP contribution in [0.1, 0.15) is 61.5 Å². The van der Waals surface area contributed by atoms with Crippen molar-refractivity contribution in [2.24, 2.45) is 7.05 Å². The molecular weight excluding hydrogens is 258 g/mol. The highest BCUT2D eigenvalue weighted by Gasteiger charge is 2.18. The smallest absolute Gasteiger partial charge is 0.0644 e. The molecule has 21 heavy (non-hydrogen) atoms. The van der Waals surface area contributed by atoms with E-state index in [4.69, 9.17) is 0 Å². The van der Waals surface area contributed by atoms with E-state index in [1.807, 2.05) is 11.7 Å². The zero-order chi connectivity index (χ0) is 15.4. The van der Waals surface area contributed by atoms with E-state index in [2.05, 4.69) is 68.6 Å². The number of nitrogens with one attached hydrogen (secondary N) is 1. The van der Waals surface area contributed by atoms with Gasteiger partial charge in [-0.05, 0) is 36.9 Å². The predicted octanol–water partition coefficient (Wildman–Crippen LogP) is 3.94. The van der Waals surface area contributed by atoms with Gasteiger partial charge in [0.15, 0.2) is 0 Å². The van der Waals surface area contributed by atoms with Gasteiger partial charge < -0.3 is 5.32 Å². The van der Waals surface area contributed by atoms with Crippen LogP contribution in [0.3, 0.4) is 0 Å². The molecule has 1 heterocycles. The lowest BCUT2D eigenvalue weighted by molar-refractivity contribution is 0.595. The van der Waals surface area contributed by atoms with Crippen molar-refractivity contribution in [3.05, 3.63) is 52.8 Å². The first kappa shape index (κ1) is 15.8. The molecule has 0 amide bonds. The van der Waals surface area contributed by atoms with Crippen LogP contribution in [-0.2, 0) is 7.05 Å². The van der Waals surface area contributed by atoms with Crippen LogP contribution in [0, 0.1) is 6.92 Å². The highest BCUT2D eigenvalue weighted by molar-refractivity contribution is 5.35. The second-order valence-electron chi connectivity index (χ2n) is 6.05. The monoisotopic (exact) mass is 285 g/mol. The van der Waals surface area contributed by atoms with Crippen molar-refractivity contribution in [3.8, 4) is 0 Å². The number of aromatic nitrogens is 2. The Hall–Kier alpha value is -1.61. The molecule has 3 heteroatoms. The summed E-state index contributed by atoms with van der Waals surface area (Å²) < 4.78 is 1.90. The van der Waals surface area contributed by atoms with E-state index in [-0.39, 0.29) is 6.04 Å². The molecule has 0 saturated heterocycles. The number of aryl methyl sites for hydroxylation is 2. The third-order valence-corrected chi connectivity index (χ3v) is 3.90. The first-order chi connectivity index (χ1) is 10.0. The van der Waals surface area contributed by atoms with E-state index in [9.17, 15) is 0 Å². The molecule has 0 aliphatic heterocycles. The molecule has 0 saturated carbocycles. The van der Waals surface area contributed by atoms with Crippen molar-refractivity contribution >= 4 is 0 Å². The minimum absolute atomic E-state index is 0.222. The summed E-state index contributed by atoms with van der Waals surface area (Å²) in [4.78, 5) is 0. The molecule has 1 atom stereocenters. The van der Waals surface area contributed by atoms with Crippen LogP contribution < -0.4 is 5.32 Å². The van der Waals surface area contributed by atoms with Crippen molar-refractivity contribution in [1.82, 2.24) is 15.1 Å². The summed E-state index contributed by atoms with van der Waals surface area (Å²) in [6, 6.07) is 9.20. The van der Waals surface area contributed by atoms with Crippen LogP contribution in [0.15, 0.2) is 30.5 Å². The predicted molar refractivity (Wildman–Crippen MR) is 88.6 cm³/mol. The standard InChI is InChI=1S/C18H27N3/c1-6-11-19-18(17-12-21(5)20-14(17)4)16-9-7-15(8-10-16)13(2)3/h7-10,12-13,18-19H,6,11H2,1-5H3. The first-order valence-electron chi connectivity index (χ1n) is 7.86. The molecule has 1 unspecified atom stereocenters. The maximum Gasteiger partial charge on any atom is 0.0644 e. The second-order valence-corrected chi connectivity index (χ2v) is 6.05. The highest BCUT2D eigenvalue weighted by Crippen LogP contribution is 2.26. The minimum atomic E-state index is 0.222. The van der Waals surface area contributed by atoms with E-state index in [0.29, 0.717) is 5.92 Å². The van der Waals surface area contributed by atoms with E-state index >= 15 is 0 Å². The Morgan fingerprint density at radius 1 is 1.14 bits per heavy atom. The van der Waals surface area contributed by atoms with Gasteiger partial charge >= 0.3 is 0 Å². The van der Waals surface area contributed by atoms with Crippen molar-refractivity contribution in [1.29, 1.82) is 0 Å². The van der Waals surface area contributed by atoms with Gasteiger partial charge in [0.05, 0.1) is 11.7 Å². The summed E-state index contributed by atoms with van der Waals surface area (Å²) in [5.41, 5.74) is 5.06. The molecule has 0 aliphatic carbocycles. The van der Waals surface area contributed by atoms with Gasteiger partial charge in [0.1, 0.15) is 0 Å². The first-order valence-corrected chi connectivity index (χ1v) is 7.86. The van der Waals surface area contributed by atoms with Gasteiger partial charge in [0.2, 0.25) is 0 Å². The van der Waals surface area contributed by atoms with E-state index in [0.717, 1.165) is 18.7 Å². The average molecular weight is 285 g/mol. The number of hydrogen-bond donors (Lipinski definition) is 1. The molecule has 114 valence electrons. The second kappa shape index (κ2) is 6.90. The zero-order valence-electron chi connectivity index (χ0n) is 13.9. The Morgan fingerprint density at radius 3 is 2.24 bits per heavy atom. The molecule has 0 spiro atoms. The fourth-order valence-electron chi connectivity index (χ4n) is 2.67. The van der Waals surface area contributed by atoms with Gasteiger partial charge in [0, 0.05) is 18.8 Å². The topological polar surface area (TPSA) is 29.9 Å². The molecular formula is C18H27N3. The van der Waals surface area contributed by atoms with Crippen LogP contribution in [0.5, 0.6) is 0 Å². The maximum absolute atomic E-state index is 4.49. The lowest BCUT2D eigenvalue weighted by atomic mass is 9.95. The third-order valence-electron chi connectivity index (χ3n) is 3.90. The molecule has 0 aliphatic rings. The van der Waals surface area contributed by atoms with Crippen LogP contribution in [0.25, 0.3) is 0 Å². The fourth-order valence-corrected chi connectivity index (χ4v) is 2.67. The normalized spacial score (nSPS) is 12.9. The summed E-state index contributed by atoms with van der Waals surface area (Å²) in [5.74, 6) is 0.571. The number of benzene rings is 1. The molecule has 3 nitrogen and oxygen atoms in total. The van der Waals surface area contributed by atoms with Gasteiger partial charge in [-0.3, -0.25) is 4.68 Å². The zero-order valence-corrected chi connectivity index (χ0v) is 13.9. The highest BCUT2D eigenvalue weighted by atomic mass is 15.3. The average Bonchev–Trinajstić information content (AvgIpc) is 2.79. The number of nitrogens with zero attached hydrogens (tertiary/aromatic N) is 2. The third kappa shape index (κ3) is 3.73. The Labute approximate surface area is 128 Å². The van der Waals surface area contributed by atoms with Gasteiger partial charge in [-0.25, -0.2) is 0 Å². The largest absolute Gasteiger partial charge is 0.306 e. The van der Waals surface area contributed by atoms with Crippen molar-refractivity contribution in [2.75, 3.05) is 6.54 Å². The fraction of sp³-hybridized carbons (Fsp3) is 0.500. The summed E-state index contributed by atoms with van der Waals surface area (Å²) >= 11 is 0. The van der Waals surface area contributed by atoms with Crippen molar-refractivity contribution in [3.63, 3.8) is 0 Å². The molecule has 1 N–H and O–H groups in total. The van der Waals surface area contributed by atoms with Crippen LogP contribution in [-0.4, -0.2) is 16.3 Å². The van der Waals surface area contributed by atoms with Crippen LogP contribution in [0.4, 0.5) is 0 Å². The molecule has 2 aromatic rings. The van der Waals surface area contributed by atoms with E-state index < -0.39 is 0 Å². The summed E-state index contributed by atoms with van der Waals surface area (Å²) in [6.45, 7) is 9.74. The molecule has 1 aromatic heterocycles. The number of rotatable bonds is 6. The summed E-state index contributed by atoms with van der Waals surface area (Å²) in [5, 5.41) is 8.14. The van der Waals surface area contributed by atoms with Gasteiger partial charge in [-0.2, -0.15) is 5.10 Å². The Balaban J connectivity index is 2.33. The van der Waals surface area contributed by atoms with Crippen molar-refractivity contribution in [2.45, 2.75) is 46.1 Å². The van der Waals surface area contributed by atoms with Crippen LogP contribution in [0.2, 0.25) is 0 Å². The molecule has 2 rings (SSSR count). The Morgan fingerprint density at radius 2 is 1.76 bits per heavy atom. The van der Waals surface area contributed by atoms with Gasteiger partial charge in [0.25, 0.3) is 0 Å². The minimum Gasteiger partial charge on any atom is -0.306 e. The van der Waals surface area contributed by atoms with Crippen LogP contribution >= 0.6 is 0 Å². The number of hydrogen-bond acceptors (Lipinski definition) is 2. The lowest BCUT2D eigenvalue weighted by Crippen LogP contribution is -2.23. The van der Waals surface area contributed by atoms with Gasteiger partial charge in [-0.15, -0.1) is 0 Å². The van der Waals surface area contributed by atoms with E-state index in [1.165, 1.54) is 16.7 Å². The molecule has 0 radical (unpaired) electrons. The van der Waals surface area contributed by atoms with E-state index in [1.54, 1.807) is 0 Å². The SMILES string of the molecule is CCCNC(c1ccc(C(C)C)cc1)c1cn(C)nc1C.